The molecule has 1 aliphatic rings. The summed E-state index contributed by atoms with van der Waals surface area (Å²) in [6.45, 7) is 2.21. The van der Waals surface area contributed by atoms with Crippen molar-refractivity contribution in [3.8, 4) is 5.75 Å². The maximum absolute atomic E-state index is 12.4. The summed E-state index contributed by atoms with van der Waals surface area (Å²) in [7, 11) is 1.65. The number of esters is 1. The number of rotatable bonds is 5. The van der Waals surface area contributed by atoms with Gasteiger partial charge in [0, 0.05) is 4.88 Å². The summed E-state index contributed by atoms with van der Waals surface area (Å²) in [5.74, 6) is 0.567. The summed E-state index contributed by atoms with van der Waals surface area (Å²) in [6.07, 6.45) is 3.08. The third kappa shape index (κ3) is 2.98. The summed E-state index contributed by atoms with van der Waals surface area (Å²) < 4.78 is 11.6. The molecule has 25 heavy (non-hydrogen) atoms. The third-order valence-electron chi connectivity index (χ3n) is 4.22. The molecular weight excluding hydrogens is 356 g/mol. The van der Waals surface area contributed by atoms with E-state index in [-0.39, 0.29) is 5.97 Å². The highest BCUT2D eigenvalue weighted by Crippen LogP contribution is 2.42. The number of anilines is 2. The molecule has 1 aromatic carbocycles. The van der Waals surface area contributed by atoms with Gasteiger partial charge in [-0.15, -0.1) is 11.3 Å². The lowest BCUT2D eigenvalue weighted by molar-refractivity contribution is 0.0527. The minimum Gasteiger partial charge on any atom is -0.497 e. The van der Waals surface area contributed by atoms with Crippen molar-refractivity contribution in [3.05, 3.63) is 34.2 Å². The molecule has 1 aliphatic carbocycles. The zero-order chi connectivity index (χ0) is 17.4. The summed E-state index contributed by atoms with van der Waals surface area (Å²) >= 11 is 3.19. The number of benzene rings is 1. The summed E-state index contributed by atoms with van der Waals surface area (Å²) in [6, 6.07) is 5.81. The highest BCUT2D eigenvalue weighted by molar-refractivity contribution is 7.23. The number of ether oxygens (including phenoxy) is 2. The van der Waals surface area contributed by atoms with Gasteiger partial charge >= 0.3 is 5.97 Å². The van der Waals surface area contributed by atoms with E-state index in [0.717, 1.165) is 50.9 Å². The van der Waals surface area contributed by atoms with E-state index in [1.54, 1.807) is 29.8 Å². The van der Waals surface area contributed by atoms with Crippen LogP contribution in [0.2, 0.25) is 0 Å². The van der Waals surface area contributed by atoms with Crippen molar-refractivity contribution in [1.29, 1.82) is 0 Å². The average molecular weight is 374 g/mol. The van der Waals surface area contributed by atoms with Crippen LogP contribution in [0.4, 0.5) is 10.1 Å². The normalized spacial score (nSPS) is 13.0. The van der Waals surface area contributed by atoms with Crippen molar-refractivity contribution in [2.24, 2.45) is 0 Å². The smallest absolute Gasteiger partial charge is 0.341 e. The number of methoxy groups -OCH3 is 1. The number of hydrogen-bond acceptors (Lipinski definition) is 7. The van der Waals surface area contributed by atoms with Gasteiger partial charge in [-0.25, -0.2) is 9.78 Å². The summed E-state index contributed by atoms with van der Waals surface area (Å²) in [5.41, 5.74) is 2.75. The van der Waals surface area contributed by atoms with Crippen LogP contribution in [-0.2, 0) is 17.6 Å². The van der Waals surface area contributed by atoms with E-state index in [2.05, 4.69) is 10.3 Å². The van der Waals surface area contributed by atoms with Gasteiger partial charge in [0.1, 0.15) is 10.8 Å². The van der Waals surface area contributed by atoms with Crippen LogP contribution in [0.3, 0.4) is 0 Å². The molecule has 0 spiro atoms. The first-order valence-corrected chi connectivity index (χ1v) is 9.86. The van der Waals surface area contributed by atoms with Gasteiger partial charge in [-0.1, -0.05) is 11.3 Å². The molecule has 0 amide bonds. The molecule has 0 fully saturated rings. The Morgan fingerprint density at radius 2 is 2.20 bits per heavy atom. The lowest BCUT2D eigenvalue weighted by atomic mass is 10.1. The van der Waals surface area contributed by atoms with Gasteiger partial charge in [0.2, 0.25) is 0 Å². The minimum absolute atomic E-state index is 0.243. The molecule has 0 saturated heterocycles. The van der Waals surface area contributed by atoms with Crippen LogP contribution in [0.15, 0.2) is 18.2 Å². The Hall–Kier alpha value is -2.12. The number of thiophene rings is 1. The van der Waals surface area contributed by atoms with Crippen molar-refractivity contribution in [2.75, 3.05) is 19.0 Å². The van der Waals surface area contributed by atoms with Gasteiger partial charge < -0.3 is 14.8 Å². The second kappa shape index (κ2) is 6.65. The predicted octanol–water partition coefficient (Wildman–Crippen LogP) is 4.78. The largest absolute Gasteiger partial charge is 0.497 e. The highest BCUT2D eigenvalue weighted by Gasteiger charge is 2.28. The number of fused-ring (bicyclic) bond motifs is 2. The number of nitrogens with one attached hydrogen (secondary N) is 1. The fraction of sp³-hybridized carbons (Fsp3) is 0.333. The highest BCUT2D eigenvalue weighted by atomic mass is 32.1. The number of aryl methyl sites for hydroxylation is 1. The van der Waals surface area contributed by atoms with Crippen molar-refractivity contribution < 1.29 is 14.3 Å². The van der Waals surface area contributed by atoms with E-state index in [0.29, 0.717) is 12.2 Å². The van der Waals surface area contributed by atoms with Gasteiger partial charge in [0.15, 0.2) is 5.13 Å². The van der Waals surface area contributed by atoms with Crippen molar-refractivity contribution >= 4 is 49.0 Å². The fourth-order valence-corrected chi connectivity index (χ4v) is 5.33. The van der Waals surface area contributed by atoms with Crippen LogP contribution >= 0.6 is 22.7 Å². The van der Waals surface area contributed by atoms with E-state index in [9.17, 15) is 4.79 Å². The molecule has 0 bridgehead atoms. The standard InChI is InChI=1S/C18H18N2O3S2/c1-3-23-17(21)15-11-5-4-6-13(11)24-16(15)20-18-19-12-8-7-10(22-2)9-14(12)25-18/h7-9H,3-6H2,1-2H3,(H,19,20). The molecule has 130 valence electrons. The first-order valence-electron chi connectivity index (χ1n) is 8.23. The second-order valence-electron chi connectivity index (χ2n) is 5.76. The van der Waals surface area contributed by atoms with Gasteiger partial charge in [-0.05, 0) is 49.9 Å². The minimum atomic E-state index is -0.243. The molecule has 0 unspecified atom stereocenters. The zero-order valence-corrected chi connectivity index (χ0v) is 15.7. The molecule has 1 N–H and O–H groups in total. The number of hydrogen-bond donors (Lipinski definition) is 1. The van der Waals surface area contributed by atoms with Crippen LogP contribution in [-0.4, -0.2) is 24.7 Å². The molecule has 2 aromatic heterocycles. The lowest BCUT2D eigenvalue weighted by Crippen LogP contribution is -2.08. The molecule has 2 heterocycles. The molecular formula is C18H18N2O3S2. The quantitative estimate of drug-likeness (QED) is 0.652. The molecule has 4 rings (SSSR count). The van der Waals surface area contributed by atoms with E-state index in [1.165, 1.54) is 4.88 Å². The first kappa shape index (κ1) is 16.4. The SMILES string of the molecule is CCOC(=O)c1c(Nc2nc3ccc(OC)cc3s2)sc2c1CCC2. The zero-order valence-electron chi connectivity index (χ0n) is 14.0. The molecule has 7 heteroatoms. The number of aromatic nitrogens is 1. The van der Waals surface area contributed by atoms with Gasteiger partial charge in [0.25, 0.3) is 0 Å². The molecule has 0 radical (unpaired) electrons. The maximum Gasteiger partial charge on any atom is 0.341 e. The van der Waals surface area contributed by atoms with E-state index >= 15 is 0 Å². The average Bonchev–Trinajstić information content (AvgIpc) is 3.27. The van der Waals surface area contributed by atoms with Crippen molar-refractivity contribution in [3.63, 3.8) is 0 Å². The molecule has 3 aromatic rings. The first-order chi connectivity index (χ1) is 12.2. The van der Waals surface area contributed by atoms with E-state index in [1.807, 2.05) is 25.1 Å². The second-order valence-corrected chi connectivity index (χ2v) is 7.90. The molecule has 0 saturated carbocycles. The van der Waals surface area contributed by atoms with Crippen LogP contribution in [0.1, 0.15) is 34.1 Å². The Bertz CT molecular complexity index is 945. The summed E-state index contributed by atoms with van der Waals surface area (Å²) in [4.78, 5) is 18.3. The maximum atomic E-state index is 12.4. The topological polar surface area (TPSA) is 60.5 Å². The summed E-state index contributed by atoms with van der Waals surface area (Å²) in [5, 5.41) is 4.97. The molecule has 0 aliphatic heterocycles. The Morgan fingerprint density at radius 3 is 3.00 bits per heavy atom. The van der Waals surface area contributed by atoms with Gasteiger partial charge in [0.05, 0.1) is 29.5 Å². The third-order valence-corrected chi connectivity index (χ3v) is 6.36. The number of thiazole rings is 1. The van der Waals surface area contributed by atoms with Crippen LogP contribution in [0, 0.1) is 0 Å². The number of carbonyl (C=O) groups is 1. The van der Waals surface area contributed by atoms with Crippen molar-refractivity contribution in [2.45, 2.75) is 26.2 Å². The monoisotopic (exact) mass is 374 g/mol. The van der Waals surface area contributed by atoms with Gasteiger partial charge in [-0.2, -0.15) is 0 Å². The number of nitrogens with zero attached hydrogens (tertiary/aromatic N) is 1. The Kier molecular flexibility index (Phi) is 4.35. The van der Waals surface area contributed by atoms with E-state index < -0.39 is 0 Å². The number of carbonyl (C=O) groups excluding carboxylic acids is 1. The van der Waals surface area contributed by atoms with Crippen LogP contribution < -0.4 is 10.1 Å². The fourth-order valence-electron chi connectivity index (χ4n) is 3.09. The predicted molar refractivity (Wildman–Crippen MR) is 102 cm³/mol. The molecule has 0 atom stereocenters. The van der Waals surface area contributed by atoms with Gasteiger partial charge in [-0.3, -0.25) is 0 Å². The van der Waals surface area contributed by atoms with Crippen LogP contribution in [0.25, 0.3) is 10.2 Å². The molecule has 5 nitrogen and oxygen atoms in total. The lowest BCUT2D eigenvalue weighted by Gasteiger charge is -2.06. The van der Waals surface area contributed by atoms with Crippen molar-refractivity contribution in [1.82, 2.24) is 4.98 Å². The Labute approximate surface area is 153 Å². The van der Waals surface area contributed by atoms with Crippen LogP contribution in [0.5, 0.6) is 5.75 Å². The van der Waals surface area contributed by atoms with E-state index in [4.69, 9.17) is 9.47 Å². The Morgan fingerprint density at radius 1 is 1.32 bits per heavy atom. The Balaban J connectivity index is 1.70.